The third-order valence-corrected chi connectivity index (χ3v) is 11.5. The van der Waals surface area contributed by atoms with Crippen molar-refractivity contribution >= 4 is 8.32 Å². The standard InChI is InChI=1S/C19H32OSi/c1-13(2)21(14(3)4,15(5)6)20-19-16(7)12-17-10-8-9-11-18(17)19/h8-11,13-16,19H,12H2,1-7H3/t16-,19-/m1/s1. The average molecular weight is 305 g/mol. The van der Waals surface area contributed by atoms with Crippen molar-refractivity contribution < 1.29 is 4.43 Å². The molecule has 2 heteroatoms. The van der Waals surface area contributed by atoms with Crippen molar-refractivity contribution in [2.24, 2.45) is 5.92 Å². The number of hydrogen-bond donors (Lipinski definition) is 0. The molecule has 0 amide bonds. The van der Waals surface area contributed by atoms with Crippen LogP contribution in [-0.2, 0) is 10.8 Å². The van der Waals surface area contributed by atoms with E-state index in [1.807, 2.05) is 0 Å². The first kappa shape index (κ1) is 16.8. The number of rotatable bonds is 5. The van der Waals surface area contributed by atoms with Gasteiger partial charge in [0.15, 0.2) is 0 Å². The molecular formula is C19H32OSi. The van der Waals surface area contributed by atoms with Crippen LogP contribution in [0.2, 0.25) is 16.6 Å². The van der Waals surface area contributed by atoms with E-state index >= 15 is 0 Å². The number of fused-ring (bicyclic) bond motifs is 1. The molecule has 0 radical (unpaired) electrons. The summed E-state index contributed by atoms with van der Waals surface area (Å²) >= 11 is 0. The Labute approximate surface area is 132 Å². The Morgan fingerprint density at radius 3 is 2.00 bits per heavy atom. The maximum atomic E-state index is 7.06. The summed E-state index contributed by atoms with van der Waals surface area (Å²) in [5, 5.41) is 0. The predicted octanol–water partition coefficient (Wildman–Crippen LogP) is 6.11. The van der Waals surface area contributed by atoms with Crippen LogP contribution in [0.3, 0.4) is 0 Å². The molecule has 1 aliphatic carbocycles. The van der Waals surface area contributed by atoms with Gasteiger partial charge >= 0.3 is 0 Å². The Balaban J connectivity index is 2.38. The monoisotopic (exact) mass is 304 g/mol. The normalized spacial score (nSPS) is 22.4. The van der Waals surface area contributed by atoms with E-state index in [0.29, 0.717) is 28.6 Å². The van der Waals surface area contributed by atoms with Crippen LogP contribution < -0.4 is 0 Å². The van der Waals surface area contributed by atoms with Crippen molar-refractivity contribution in [3.63, 3.8) is 0 Å². The third-order valence-electron chi connectivity index (χ3n) is 5.46. The number of hydrogen-bond acceptors (Lipinski definition) is 1. The first-order valence-corrected chi connectivity index (χ1v) is 10.7. The summed E-state index contributed by atoms with van der Waals surface area (Å²) in [7, 11) is -1.80. The van der Waals surface area contributed by atoms with Gasteiger partial charge in [-0.05, 0) is 40.1 Å². The summed E-state index contributed by atoms with van der Waals surface area (Å²) in [6, 6.07) is 8.88. The zero-order chi connectivity index (χ0) is 15.8. The first-order valence-electron chi connectivity index (χ1n) is 8.56. The zero-order valence-electron chi connectivity index (χ0n) is 14.8. The summed E-state index contributed by atoms with van der Waals surface area (Å²) in [6.07, 6.45) is 1.47. The van der Waals surface area contributed by atoms with Gasteiger partial charge in [-0.1, -0.05) is 72.7 Å². The van der Waals surface area contributed by atoms with Gasteiger partial charge in [-0.2, -0.15) is 0 Å². The van der Waals surface area contributed by atoms with Gasteiger partial charge in [-0.3, -0.25) is 0 Å². The molecule has 1 aromatic carbocycles. The lowest BCUT2D eigenvalue weighted by Gasteiger charge is -2.45. The molecule has 0 spiro atoms. The molecule has 0 aliphatic heterocycles. The highest BCUT2D eigenvalue weighted by Crippen LogP contribution is 2.49. The van der Waals surface area contributed by atoms with Crippen LogP contribution in [0.25, 0.3) is 0 Å². The van der Waals surface area contributed by atoms with E-state index in [-0.39, 0.29) is 0 Å². The fraction of sp³-hybridized carbons (Fsp3) is 0.684. The molecule has 2 atom stereocenters. The smallest absolute Gasteiger partial charge is 0.201 e. The fourth-order valence-corrected chi connectivity index (χ4v) is 10.2. The SMILES string of the molecule is CC(C)[Si](O[C@H]1c2ccccc2C[C@H]1C)(C(C)C)C(C)C. The molecule has 0 unspecified atom stereocenters. The van der Waals surface area contributed by atoms with E-state index in [0.717, 1.165) is 0 Å². The molecule has 1 aliphatic rings. The van der Waals surface area contributed by atoms with Crippen molar-refractivity contribution in [2.45, 2.75) is 77.6 Å². The van der Waals surface area contributed by atoms with Crippen LogP contribution in [-0.4, -0.2) is 8.32 Å². The van der Waals surface area contributed by atoms with Crippen molar-refractivity contribution in [3.8, 4) is 0 Å². The molecule has 21 heavy (non-hydrogen) atoms. The minimum absolute atomic E-state index is 0.306. The van der Waals surface area contributed by atoms with Crippen LogP contribution in [0.1, 0.15) is 65.7 Å². The molecule has 0 aromatic heterocycles. The molecule has 0 bridgehead atoms. The molecule has 1 aromatic rings. The Hall–Kier alpha value is -0.603. The quantitative estimate of drug-likeness (QED) is 0.596. The largest absolute Gasteiger partial charge is 0.409 e. The van der Waals surface area contributed by atoms with Gasteiger partial charge in [0.1, 0.15) is 0 Å². The second-order valence-corrected chi connectivity index (χ2v) is 13.1. The van der Waals surface area contributed by atoms with Crippen LogP contribution in [0.15, 0.2) is 24.3 Å². The summed E-state index contributed by atoms with van der Waals surface area (Å²) in [5.74, 6) is 0.602. The minimum Gasteiger partial charge on any atom is -0.409 e. The van der Waals surface area contributed by atoms with Gasteiger partial charge in [-0.15, -0.1) is 0 Å². The molecule has 0 saturated carbocycles. The van der Waals surface area contributed by atoms with Crippen LogP contribution in [0.5, 0.6) is 0 Å². The lowest BCUT2D eigenvalue weighted by atomic mass is 10.1. The second-order valence-electron chi connectivity index (χ2n) is 7.74. The lowest BCUT2D eigenvalue weighted by molar-refractivity contribution is 0.134. The van der Waals surface area contributed by atoms with Crippen molar-refractivity contribution in [2.75, 3.05) is 0 Å². The highest BCUT2D eigenvalue weighted by atomic mass is 28.4. The van der Waals surface area contributed by atoms with Gasteiger partial charge in [0.2, 0.25) is 8.32 Å². The van der Waals surface area contributed by atoms with Gasteiger partial charge in [0, 0.05) is 0 Å². The van der Waals surface area contributed by atoms with Crippen LogP contribution in [0.4, 0.5) is 0 Å². The second kappa shape index (κ2) is 6.25. The first-order chi connectivity index (χ1) is 9.80. The van der Waals surface area contributed by atoms with Crippen molar-refractivity contribution in [3.05, 3.63) is 35.4 Å². The zero-order valence-corrected chi connectivity index (χ0v) is 15.8. The predicted molar refractivity (Wildman–Crippen MR) is 94.2 cm³/mol. The Morgan fingerprint density at radius 1 is 0.952 bits per heavy atom. The number of benzene rings is 1. The van der Waals surface area contributed by atoms with E-state index in [1.54, 1.807) is 0 Å². The minimum atomic E-state index is -1.80. The Kier molecular flexibility index (Phi) is 4.99. The third kappa shape index (κ3) is 2.85. The molecule has 0 N–H and O–H groups in total. The van der Waals surface area contributed by atoms with Gasteiger partial charge in [-0.25, -0.2) is 0 Å². The summed E-state index contributed by atoms with van der Waals surface area (Å²) in [6.45, 7) is 16.6. The van der Waals surface area contributed by atoms with Crippen LogP contribution in [0, 0.1) is 5.92 Å². The van der Waals surface area contributed by atoms with E-state index in [1.165, 1.54) is 17.5 Å². The summed E-state index contributed by atoms with van der Waals surface area (Å²) < 4.78 is 7.06. The molecular weight excluding hydrogens is 272 g/mol. The summed E-state index contributed by atoms with van der Waals surface area (Å²) in [4.78, 5) is 0. The maximum Gasteiger partial charge on any atom is 0.201 e. The van der Waals surface area contributed by atoms with Crippen molar-refractivity contribution in [1.29, 1.82) is 0 Å². The Bertz CT molecular complexity index is 456. The maximum absolute atomic E-state index is 7.06. The fourth-order valence-electron chi connectivity index (χ4n) is 4.57. The van der Waals surface area contributed by atoms with E-state index in [2.05, 4.69) is 72.7 Å². The van der Waals surface area contributed by atoms with E-state index in [9.17, 15) is 0 Å². The molecule has 0 saturated heterocycles. The highest BCUT2D eigenvalue weighted by molar-refractivity contribution is 6.77. The molecule has 0 heterocycles. The van der Waals surface area contributed by atoms with E-state index in [4.69, 9.17) is 4.43 Å². The highest BCUT2D eigenvalue weighted by Gasteiger charge is 2.48. The summed E-state index contributed by atoms with van der Waals surface area (Å²) in [5.41, 5.74) is 4.89. The van der Waals surface area contributed by atoms with Gasteiger partial charge in [0.25, 0.3) is 0 Å². The molecule has 0 fully saturated rings. The molecule has 1 nitrogen and oxygen atoms in total. The average Bonchev–Trinajstić information content (AvgIpc) is 2.70. The molecule has 118 valence electrons. The Morgan fingerprint density at radius 2 is 1.48 bits per heavy atom. The van der Waals surface area contributed by atoms with Gasteiger partial charge < -0.3 is 4.43 Å². The van der Waals surface area contributed by atoms with E-state index < -0.39 is 8.32 Å². The van der Waals surface area contributed by atoms with Crippen molar-refractivity contribution in [1.82, 2.24) is 0 Å². The molecule has 2 rings (SSSR count). The van der Waals surface area contributed by atoms with Gasteiger partial charge in [0.05, 0.1) is 6.10 Å². The van der Waals surface area contributed by atoms with Crippen LogP contribution >= 0.6 is 0 Å². The topological polar surface area (TPSA) is 9.23 Å². The lowest BCUT2D eigenvalue weighted by Crippen LogP contribution is -2.49.